The number of ketones is 10. The Labute approximate surface area is 809 Å². The molecule has 9 amide bonds. The maximum atomic E-state index is 12.1. The van der Waals surface area contributed by atoms with Crippen LogP contribution in [0, 0.1) is 11.8 Å². The van der Waals surface area contributed by atoms with Gasteiger partial charge in [-0.25, -0.2) is 0 Å². The summed E-state index contributed by atoms with van der Waals surface area (Å²) in [5, 5.41) is 24.7. The predicted molar refractivity (Wildman–Crippen MR) is 514 cm³/mol. The summed E-state index contributed by atoms with van der Waals surface area (Å²) in [4.78, 5) is 257. The number of likely N-dealkylation sites (N-methyl/N-ethyl adjacent to an activating group) is 2. The van der Waals surface area contributed by atoms with Gasteiger partial charge in [0.05, 0.1) is 87.6 Å². The van der Waals surface area contributed by atoms with Gasteiger partial charge in [0.25, 0.3) is 0 Å². The number of hydrogen-bond acceptors (Lipinski definition) is 35. The third kappa shape index (κ3) is 72.3. The Balaban J connectivity index is -0.000000478. The number of amides is 9. The van der Waals surface area contributed by atoms with Gasteiger partial charge in [0, 0.05) is 162 Å². The number of nitrogens with zero attached hydrogens (tertiary/aromatic N) is 5. The van der Waals surface area contributed by atoms with E-state index in [4.69, 9.17) is 18.9 Å². The fourth-order valence-electron chi connectivity index (χ4n) is 10.9. The van der Waals surface area contributed by atoms with E-state index in [1.54, 1.807) is 59.7 Å². The summed E-state index contributed by atoms with van der Waals surface area (Å²) in [6, 6.07) is 0. The second-order valence-corrected chi connectivity index (χ2v) is 32.7. The summed E-state index contributed by atoms with van der Waals surface area (Å²) >= 11 is 2.63. The summed E-state index contributed by atoms with van der Waals surface area (Å²) in [6.45, 7) is 26.8. The van der Waals surface area contributed by atoms with Crippen LogP contribution in [0.25, 0.3) is 0 Å². The Morgan fingerprint density at radius 2 is 0.897 bits per heavy atom. The highest BCUT2D eigenvalue weighted by atomic mass is 32.2. The summed E-state index contributed by atoms with van der Waals surface area (Å²) in [5.74, 6) is -1.87. The van der Waals surface area contributed by atoms with Gasteiger partial charge in [-0.2, -0.15) is 11.8 Å². The molecule has 0 spiro atoms. The molecule has 2 saturated heterocycles. The van der Waals surface area contributed by atoms with Crippen LogP contribution in [0.2, 0.25) is 0 Å². The molecule has 5 rings (SSSR count). The molecular formula is C93H156N12O29S2. The summed E-state index contributed by atoms with van der Waals surface area (Å²) in [6.07, 6.45) is 15.1. The third-order valence-electron chi connectivity index (χ3n) is 19.3. The van der Waals surface area contributed by atoms with E-state index in [0.717, 1.165) is 49.2 Å². The molecule has 3 fully saturated rings. The van der Waals surface area contributed by atoms with Gasteiger partial charge in [0.15, 0.2) is 0 Å². The quantitative estimate of drug-likeness (QED) is 0.0162. The molecule has 1 aromatic carbocycles. The Bertz CT molecular complexity index is 3960. The number of imide groups is 2. The van der Waals surface area contributed by atoms with Gasteiger partial charge < -0.3 is 70.4 Å². The third-order valence-corrected chi connectivity index (χ3v) is 21.5. The zero-order valence-electron chi connectivity index (χ0n) is 84.0. The van der Waals surface area contributed by atoms with Crippen LogP contribution in [0.1, 0.15) is 248 Å². The molecule has 43 heteroatoms. The molecule has 774 valence electrons. The second kappa shape index (κ2) is 86.5. The summed E-state index contributed by atoms with van der Waals surface area (Å²) in [5.41, 5.74) is 1.47. The number of aromatic nitrogens is 3. The standard InChI is InChI=1S/C16H24O5.C14H22N2O3S.C11H16N2O4S.C11H17NO6.C10H18O4.C9H16N2O3.C7H11N3O.C7H12O2.C5H11NO.C3H9N/c1-3-12(17)7-9-21-11-10-20-8-5-6-14-13(4-2)15(18)16(14)19;1-15-13(18)10-5-3-9(4-6-10)8-16-12(17)7-11(20-2)14(16)19;1-3-7(14)6-18-8-4-10(16)13(11(8)17)5-9(15)12-2;1-3-8(13)6-10(15)17-4-5-18-11(16)7-9(14)12-2;1-9(11)3-5-13-7-8-14-6-4-10(2)12;1-7(12)4-3-5-11-9(14)6-8(13)10-2;1-3-7(11)4-6-5-10(2)9-8-6;1-3-6(8)5-7(9)4-2;1-3-5(7)4-6-2;1-3-4-2/h3-11H2,1-2H3;9-11H,3-8H2,1-2H3,(H,15,18);8H,3-6H2,1-2H3,(H,12,15);3-7H2,1-2H3,(H,12,14);3-8H2,1-2H3;3-6H2,1-2H3,(H,10,13)(H,11,14);5H,3-4H2,1-2H3;3-5H2,1-2H3;6H,3-4H2,1-2H3;4H,3H2,1-2H3. The number of esters is 2. The number of thioether (sulfide) groups is 2. The molecule has 1 saturated carbocycles. The lowest BCUT2D eigenvalue weighted by Crippen LogP contribution is -2.39. The zero-order chi connectivity index (χ0) is 104. The first kappa shape index (κ1) is 134. The summed E-state index contributed by atoms with van der Waals surface area (Å²) < 4.78 is 31.8. The SMILES string of the molecule is CC(=O)CCOCCOCCC(C)=O.CCC(=O)CC(=O)CC.CCC(=O)CC(=O)OCCOC(=O)CC(=O)NC.CCC(=O)CCOCCOCCCc1c(CC)c(=O)c1=O.CCC(=O)CNC.CCC(=O)CSC1CC(=O)N(CC(=O)NC)C1=O.CCC(=O)Cc1cn(C)nn1.CCNC.CNC(=O)C1CCC(CN2C(=O)CC(SC)C2=O)CC1.CNC(=O)CC(=O)NCCCC(C)=O. The van der Waals surface area contributed by atoms with Crippen LogP contribution < -0.4 is 48.1 Å². The largest absolute Gasteiger partial charge is 0.462 e. The van der Waals surface area contributed by atoms with Crippen molar-refractivity contribution in [3.05, 3.63) is 43.5 Å². The molecule has 41 nitrogen and oxygen atoms in total. The van der Waals surface area contributed by atoms with E-state index in [0.29, 0.717) is 186 Å². The fraction of sp³-hybridized carbons (Fsp3) is 0.710. The molecule has 3 aliphatic rings. The maximum Gasteiger partial charge on any atom is 0.315 e. The number of ether oxygens (including phenoxy) is 6. The topological polar surface area (TPSA) is 569 Å². The van der Waals surface area contributed by atoms with Crippen molar-refractivity contribution in [2.24, 2.45) is 18.9 Å². The van der Waals surface area contributed by atoms with Crippen molar-refractivity contribution in [1.82, 2.24) is 62.0 Å². The number of Topliss-reactive ketones (excluding diaryl/α,β-unsaturated/α-hetero) is 10. The van der Waals surface area contributed by atoms with Crippen LogP contribution >= 0.6 is 23.5 Å². The van der Waals surface area contributed by atoms with E-state index in [-0.39, 0.29) is 191 Å². The van der Waals surface area contributed by atoms with Gasteiger partial charge >= 0.3 is 11.9 Å². The van der Waals surface area contributed by atoms with Gasteiger partial charge in [-0.05, 0) is 105 Å². The van der Waals surface area contributed by atoms with E-state index in [9.17, 15) is 110 Å². The number of nitrogens with one attached hydrogen (secondary N) is 7. The molecule has 0 radical (unpaired) electrons. The van der Waals surface area contributed by atoms with Gasteiger partial charge in [-0.3, -0.25) is 120 Å². The normalized spacial score (nSPS) is 14.1. The molecule has 1 aliphatic carbocycles. The number of carbonyl (C=O) groups is 21. The van der Waals surface area contributed by atoms with Crippen molar-refractivity contribution in [1.29, 1.82) is 0 Å². The first-order valence-electron chi connectivity index (χ1n) is 46.1. The van der Waals surface area contributed by atoms with Crippen molar-refractivity contribution in [2.75, 3.05) is 153 Å². The molecule has 3 heterocycles. The minimum Gasteiger partial charge on any atom is -0.462 e. The maximum absolute atomic E-state index is 12.1. The van der Waals surface area contributed by atoms with Crippen molar-refractivity contribution in [2.45, 2.75) is 261 Å². The highest BCUT2D eigenvalue weighted by molar-refractivity contribution is 8.01. The predicted octanol–water partition coefficient (Wildman–Crippen LogP) is 4.03. The number of rotatable bonds is 56. The van der Waals surface area contributed by atoms with E-state index < -0.39 is 23.1 Å². The molecular weight excluding hydrogens is 1810 g/mol. The lowest BCUT2D eigenvalue weighted by Gasteiger charge is -2.29. The second-order valence-electron chi connectivity index (χ2n) is 30.5. The first-order chi connectivity index (χ1) is 64.5. The Morgan fingerprint density at radius 1 is 0.449 bits per heavy atom. The van der Waals surface area contributed by atoms with Crippen LogP contribution in [0.3, 0.4) is 0 Å². The molecule has 1 aromatic heterocycles. The smallest absolute Gasteiger partial charge is 0.315 e. The Morgan fingerprint density at radius 3 is 1.32 bits per heavy atom. The number of carbonyl (C=O) groups excluding carboxylic acids is 21. The van der Waals surface area contributed by atoms with Crippen LogP contribution in [0.15, 0.2) is 15.8 Å². The minimum atomic E-state index is -0.699. The first-order valence-corrected chi connectivity index (χ1v) is 48.4. The molecule has 2 aliphatic heterocycles. The van der Waals surface area contributed by atoms with Crippen molar-refractivity contribution >= 4 is 146 Å². The van der Waals surface area contributed by atoms with Gasteiger partial charge in [0.2, 0.25) is 64.0 Å². The molecule has 136 heavy (non-hydrogen) atoms. The van der Waals surface area contributed by atoms with Gasteiger partial charge in [0.1, 0.15) is 96.9 Å². The van der Waals surface area contributed by atoms with Crippen molar-refractivity contribution < 1.29 is 129 Å². The van der Waals surface area contributed by atoms with Crippen LogP contribution in [-0.2, 0) is 155 Å². The highest BCUT2D eigenvalue weighted by Gasteiger charge is 2.41. The Kier molecular flexibility index (Phi) is 85.5. The van der Waals surface area contributed by atoms with Gasteiger partial charge in [-0.15, -0.1) is 16.9 Å². The van der Waals surface area contributed by atoms with E-state index in [1.807, 2.05) is 41.0 Å². The van der Waals surface area contributed by atoms with Crippen molar-refractivity contribution in [3.63, 3.8) is 0 Å². The van der Waals surface area contributed by atoms with Crippen molar-refractivity contribution in [3.8, 4) is 0 Å². The highest BCUT2D eigenvalue weighted by Crippen LogP contribution is 2.32. The molecule has 2 atom stereocenters. The van der Waals surface area contributed by atoms with Crippen LogP contribution in [0.4, 0.5) is 0 Å². The van der Waals surface area contributed by atoms with E-state index in [1.165, 1.54) is 70.3 Å². The average Bonchev–Trinajstić information content (AvgIpc) is 1.24. The molecule has 2 aromatic rings. The molecule has 7 N–H and O–H groups in total. The number of likely N-dealkylation sites (tertiary alicyclic amines) is 2. The number of aryl methyl sites for hydroxylation is 1. The Hall–Kier alpha value is -10.1. The lowest BCUT2D eigenvalue weighted by atomic mass is 9.81. The minimum absolute atomic E-state index is 0.0316. The fourth-order valence-corrected chi connectivity index (χ4v) is 12.6. The van der Waals surface area contributed by atoms with Crippen LogP contribution in [-0.4, -0.2) is 311 Å². The monoisotopic (exact) mass is 1970 g/mol. The average molecular weight is 1970 g/mol. The van der Waals surface area contributed by atoms with Crippen LogP contribution in [0.5, 0.6) is 0 Å². The van der Waals surface area contributed by atoms with E-state index in [2.05, 4.69) is 63.9 Å². The van der Waals surface area contributed by atoms with E-state index >= 15 is 0 Å². The summed E-state index contributed by atoms with van der Waals surface area (Å²) in [7, 11) is 11.5. The number of hydrogen-bond donors (Lipinski definition) is 7. The zero-order valence-corrected chi connectivity index (χ0v) is 85.6. The van der Waals surface area contributed by atoms with Gasteiger partial charge in [-0.1, -0.05) is 67.5 Å². The molecule has 0 bridgehead atoms. The molecule has 2 unspecified atom stereocenters. The lowest BCUT2D eigenvalue weighted by molar-refractivity contribution is -0.154.